The predicted molar refractivity (Wildman–Crippen MR) is 61.7 cm³/mol. The van der Waals surface area contributed by atoms with Gasteiger partial charge in [0, 0.05) is 6.54 Å². The van der Waals surface area contributed by atoms with Crippen molar-refractivity contribution in [2.24, 2.45) is 5.41 Å². The highest BCUT2D eigenvalue weighted by atomic mass is 16.3. The zero-order chi connectivity index (χ0) is 10.7. The van der Waals surface area contributed by atoms with Gasteiger partial charge >= 0.3 is 0 Å². The Balaban J connectivity index is 1.86. The molecule has 2 nitrogen and oxygen atoms in total. The lowest BCUT2D eigenvalue weighted by Gasteiger charge is -2.39. The van der Waals surface area contributed by atoms with E-state index >= 15 is 0 Å². The van der Waals surface area contributed by atoms with Gasteiger partial charge < -0.3 is 9.73 Å². The zero-order valence-electron chi connectivity index (χ0n) is 9.75. The van der Waals surface area contributed by atoms with Gasteiger partial charge in [-0.15, -0.1) is 0 Å². The smallest absolute Gasteiger partial charge is 0.120 e. The third-order valence-corrected chi connectivity index (χ3v) is 3.63. The summed E-state index contributed by atoms with van der Waals surface area (Å²) >= 11 is 0. The molecule has 84 valence electrons. The Bertz CT molecular complexity index is 287. The van der Waals surface area contributed by atoms with Crippen molar-refractivity contribution in [1.29, 1.82) is 0 Å². The van der Waals surface area contributed by atoms with E-state index in [1.54, 1.807) is 6.26 Å². The molecule has 15 heavy (non-hydrogen) atoms. The molecule has 1 heterocycles. The third kappa shape index (κ3) is 2.43. The van der Waals surface area contributed by atoms with E-state index < -0.39 is 0 Å². The van der Waals surface area contributed by atoms with E-state index in [9.17, 15) is 0 Å². The van der Waals surface area contributed by atoms with E-state index in [0.29, 0.717) is 11.5 Å². The molecule has 1 aromatic heterocycles. The number of hydrogen-bond donors (Lipinski definition) is 1. The van der Waals surface area contributed by atoms with Gasteiger partial charge in [-0.05, 0) is 36.8 Å². The highest BCUT2D eigenvalue weighted by molar-refractivity contribution is 5.04. The van der Waals surface area contributed by atoms with Crippen LogP contribution >= 0.6 is 0 Å². The summed E-state index contributed by atoms with van der Waals surface area (Å²) in [6, 6.07) is 4.41. The minimum absolute atomic E-state index is 0.387. The molecule has 1 aromatic rings. The fourth-order valence-electron chi connectivity index (χ4n) is 2.26. The van der Waals surface area contributed by atoms with Crippen molar-refractivity contribution in [3.63, 3.8) is 0 Å². The first kappa shape index (κ1) is 10.7. The third-order valence-electron chi connectivity index (χ3n) is 3.63. The average molecular weight is 207 g/mol. The van der Waals surface area contributed by atoms with Crippen LogP contribution in [0.3, 0.4) is 0 Å². The largest absolute Gasteiger partial charge is 0.468 e. The van der Waals surface area contributed by atoms with Crippen LogP contribution in [0.1, 0.15) is 51.3 Å². The number of hydrogen-bond acceptors (Lipinski definition) is 2. The number of furan rings is 1. The number of rotatable bonds is 5. The first-order chi connectivity index (χ1) is 7.23. The standard InChI is InChI=1S/C13H21NO/c1-3-11(12-6-4-9-15-12)14-10-13(2)7-5-8-13/h4,6,9,11,14H,3,5,7-8,10H2,1-2H3. The van der Waals surface area contributed by atoms with E-state index in [0.717, 1.165) is 18.7 Å². The van der Waals surface area contributed by atoms with Crippen molar-refractivity contribution in [3.05, 3.63) is 24.2 Å². The van der Waals surface area contributed by atoms with Gasteiger partial charge in [0.15, 0.2) is 0 Å². The molecule has 1 atom stereocenters. The monoisotopic (exact) mass is 207 g/mol. The van der Waals surface area contributed by atoms with Gasteiger partial charge in [0.1, 0.15) is 5.76 Å². The molecule has 1 aliphatic rings. The molecule has 1 saturated carbocycles. The van der Waals surface area contributed by atoms with E-state index in [-0.39, 0.29) is 0 Å². The summed E-state index contributed by atoms with van der Waals surface area (Å²) in [6.07, 6.45) is 6.98. The van der Waals surface area contributed by atoms with Crippen molar-refractivity contribution in [2.45, 2.75) is 45.6 Å². The molecule has 0 bridgehead atoms. The maximum Gasteiger partial charge on any atom is 0.120 e. The fraction of sp³-hybridized carbons (Fsp3) is 0.692. The SMILES string of the molecule is CCC(NCC1(C)CCC1)c1ccco1. The Hall–Kier alpha value is -0.760. The summed E-state index contributed by atoms with van der Waals surface area (Å²) in [5.41, 5.74) is 0.542. The molecule has 0 saturated heterocycles. The topological polar surface area (TPSA) is 25.2 Å². The van der Waals surface area contributed by atoms with Gasteiger partial charge in [-0.2, -0.15) is 0 Å². The maximum absolute atomic E-state index is 5.44. The Morgan fingerprint density at radius 1 is 1.53 bits per heavy atom. The molecular formula is C13H21NO. The summed E-state index contributed by atoms with van der Waals surface area (Å²) in [7, 11) is 0. The second-order valence-electron chi connectivity index (χ2n) is 5.02. The molecule has 2 heteroatoms. The van der Waals surface area contributed by atoms with Crippen LogP contribution in [0.4, 0.5) is 0 Å². The van der Waals surface area contributed by atoms with Crippen LogP contribution in [0.15, 0.2) is 22.8 Å². The first-order valence-electron chi connectivity index (χ1n) is 6.00. The van der Waals surface area contributed by atoms with E-state index in [1.807, 2.05) is 6.07 Å². The zero-order valence-corrected chi connectivity index (χ0v) is 9.75. The molecule has 0 spiro atoms. The molecule has 0 aliphatic heterocycles. The fourth-order valence-corrected chi connectivity index (χ4v) is 2.26. The summed E-state index contributed by atoms with van der Waals surface area (Å²) in [5, 5.41) is 3.62. The van der Waals surface area contributed by atoms with Crippen LogP contribution in [0.25, 0.3) is 0 Å². The average Bonchev–Trinajstić information content (AvgIpc) is 2.69. The van der Waals surface area contributed by atoms with Gasteiger partial charge in [-0.25, -0.2) is 0 Å². The molecule has 1 aliphatic carbocycles. The van der Waals surface area contributed by atoms with Gasteiger partial charge in [-0.3, -0.25) is 0 Å². The second-order valence-corrected chi connectivity index (χ2v) is 5.02. The highest BCUT2D eigenvalue weighted by Gasteiger charge is 2.32. The van der Waals surface area contributed by atoms with Crippen LogP contribution in [0.2, 0.25) is 0 Å². The van der Waals surface area contributed by atoms with Gasteiger partial charge in [0.05, 0.1) is 12.3 Å². The van der Waals surface area contributed by atoms with Crippen LogP contribution < -0.4 is 5.32 Å². The molecular weight excluding hydrogens is 186 g/mol. The Morgan fingerprint density at radius 3 is 2.80 bits per heavy atom. The van der Waals surface area contributed by atoms with E-state index in [2.05, 4.69) is 25.2 Å². The van der Waals surface area contributed by atoms with Crippen LogP contribution in [-0.4, -0.2) is 6.54 Å². The molecule has 1 unspecified atom stereocenters. The number of nitrogens with one attached hydrogen (secondary N) is 1. The summed E-state index contributed by atoms with van der Waals surface area (Å²) < 4.78 is 5.44. The van der Waals surface area contributed by atoms with Crippen molar-refractivity contribution < 1.29 is 4.42 Å². The molecule has 1 N–H and O–H groups in total. The first-order valence-corrected chi connectivity index (χ1v) is 6.00. The summed E-state index contributed by atoms with van der Waals surface area (Å²) in [6.45, 7) is 5.69. The van der Waals surface area contributed by atoms with Crippen LogP contribution in [0.5, 0.6) is 0 Å². The van der Waals surface area contributed by atoms with Gasteiger partial charge in [0.25, 0.3) is 0 Å². The van der Waals surface area contributed by atoms with E-state index in [4.69, 9.17) is 4.42 Å². The minimum atomic E-state index is 0.387. The Labute approximate surface area is 92.1 Å². The Morgan fingerprint density at radius 2 is 2.33 bits per heavy atom. The molecule has 1 fully saturated rings. The van der Waals surface area contributed by atoms with Gasteiger partial charge in [0.2, 0.25) is 0 Å². The van der Waals surface area contributed by atoms with Gasteiger partial charge in [-0.1, -0.05) is 20.3 Å². The lowest BCUT2D eigenvalue weighted by molar-refractivity contribution is 0.148. The van der Waals surface area contributed by atoms with E-state index in [1.165, 1.54) is 19.3 Å². The summed E-state index contributed by atoms with van der Waals surface area (Å²) in [5.74, 6) is 1.07. The van der Waals surface area contributed by atoms with Crippen molar-refractivity contribution >= 4 is 0 Å². The predicted octanol–water partition coefficient (Wildman–Crippen LogP) is 3.51. The lowest BCUT2D eigenvalue weighted by atomic mass is 9.70. The minimum Gasteiger partial charge on any atom is -0.468 e. The molecule has 0 radical (unpaired) electrons. The lowest BCUT2D eigenvalue weighted by Crippen LogP contribution is -2.38. The second kappa shape index (κ2) is 4.40. The Kier molecular flexibility index (Phi) is 3.15. The molecule has 0 amide bonds. The van der Waals surface area contributed by atoms with Crippen LogP contribution in [-0.2, 0) is 0 Å². The van der Waals surface area contributed by atoms with Crippen LogP contribution in [0, 0.1) is 5.41 Å². The van der Waals surface area contributed by atoms with Crippen molar-refractivity contribution in [1.82, 2.24) is 5.32 Å². The van der Waals surface area contributed by atoms with Crippen molar-refractivity contribution in [3.8, 4) is 0 Å². The highest BCUT2D eigenvalue weighted by Crippen LogP contribution is 2.40. The normalized spacial score (nSPS) is 20.9. The summed E-state index contributed by atoms with van der Waals surface area (Å²) in [4.78, 5) is 0. The molecule has 2 rings (SSSR count). The quantitative estimate of drug-likeness (QED) is 0.799. The van der Waals surface area contributed by atoms with Crippen molar-refractivity contribution in [2.75, 3.05) is 6.54 Å². The maximum atomic E-state index is 5.44. The molecule has 0 aromatic carbocycles.